The summed E-state index contributed by atoms with van der Waals surface area (Å²) >= 11 is 0. The number of halogens is 1. The van der Waals surface area contributed by atoms with Crippen molar-refractivity contribution in [3.8, 4) is 0 Å². The van der Waals surface area contributed by atoms with Gasteiger partial charge in [-0.3, -0.25) is 9.89 Å². The molecule has 0 bridgehead atoms. The standard InChI is InChI=1S/C21H39N5O2.HI/c1-7-12-25(13-8-2)19(17(4)5)16-23-20(22-6)24-18-10-14-26(15-11-18)21(27)28-9-3;/h7-8,17-19H,1-2,9-16H2,3-6H3,(H2,22,23,24);1H. The van der Waals surface area contributed by atoms with Gasteiger partial charge in [-0.15, -0.1) is 37.1 Å². The number of rotatable bonds is 10. The average molecular weight is 521 g/mol. The van der Waals surface area contributed by atoms with Crippen molar-refractivity contribution >= 4 is 36.0 Å². The number of nitrogens with one attached hydrogen (secondary N) is 2. The Hall–Kier alpha value is -1.29. The largest absolute Gasteiger partial charge is 0.450 e. The maximum Gasteiger partial charge on any atom is 0.409 e. The first-order valence-electron chi connectivity index (χ1n) is 10.3. The summed E-state index contributed by atoms with van der Waals surface area (Å²) in [5, 5.41) is 6.97. The molecule has 1 saturated heterocycles. The van der Waals surface area contributed by atoms with Gasteiger partial charge in [0.25, 0.3) is 0 Å². The molecular weight excluding hydrogens is 481 g/mol. The van der Waals surface area contributed by atoms with Gasteiger partial charge in [0.2, 0.25) is 0 Å². The van der Waals surface area contributed by atoms with Gasteiger partial charge in [-0.1, -0.05) is 26.0 Å². The van der Waals surface area contributed by atoms with E-state index >= 15 is 0 Å². The van der Waals surface area contributed by atoms with Gasteiger partial charge >= 0.3 is 6.09 Å². The van der Waals surface area contributed by atoms with E-state index in [0.717, 1.165) is 38.4 Å². The molecule has 1 atom stereocenters. The van der Waals surface area contributed by atoms with Crippen molar-refractivity contribution < 1.29 is 9.53 Å². The molecule has 0 aromatic rings. The Labute approximate surface area is 194 Å². The number of hydrogen-bond donors (Lipinski definition) is 2. The highest BCUT2D eigenvalue weighted by molar-refractivity contribution is 14.0. The van der Waals surface area contributed by atoms with Crippen molar-refractivity contribution in [3.05, 3.63) is 25.3 Å². The molecule has 1 fully saturated rings. The van der Waals surface area contributed by atoms with E-state index in [4.69, 9.17) is 4.74 Å². The molecule has 1 aliphatic heterocycles. The third-order valence-electron chi connectivity index (χ3n) is 5.03. The third kappa shape index (κ3) is 9.84. The zero-order chi connectivity index (χ0) is 20.9. The zero-order valence-electron chi connectivity index (χ0n) is 18.5. The number of ether oxygens (including phenoxy) is 1. The lowest BCUT2D eigenvalue weighted by Gasteiger charge is -2.35. The summed E-state index contributed by atoms with van der Waals surface area (Å²) < 4.78 is 5.08. The van der Waals surface area contributed by atoms with Gasteiger partial charge in [0.15, 0.2) is 5.96 Å². The molecule has 0 saturated carbocycles. The topological polar surface area (TPSA) is 69.2 Å². The minimum absolute atomic E-state index is 0. The number of hydrogen-bond acceptors (Lipinski definition) is 4. The van der Waals surface area contributed by atoms with E-state index < -0.39 is 0 Å². The van der Waals surface area contributed by atoms with E-state index in [0.29, 0.717) is 37.7 Å². The smallest absolute Gasteiger partial charge is 0.409 e. The number of amides is 1. The summed E-state index contributed by atoms with van der Waals surface area (Å²) in [6, 6.07) is 0.645. The third-order valence-corrected chi connectivity index (χ3v) is 5.03. The van der Waals surface area contributed by atoms with Crippen LogP contribution in [0.2, 0.25) is 0 Å². The highest BCUT2D eigenvalue weighted by Gasteiger charge is 2.25. The van der Waals surface area contributed by atoms with E-state index in [1.54, 1.807) is 11.9 Å². The van der Waals surface area contributed by atoms with E-state index in [9.17, 15) is 4.79 Å². The molecule has 1 rings (SSSR count). The molecule has 1 heterocycles. The lowest BCUT2D eigenvalue weighted by molar-refractivity contribution is 0.0963. The maximum atomic E-state index is 11.8. The van der Waals surface area contributed by atoms with Crippen LogP contribution in [-0.4, -0.2) is 80.3 Å². The highest BCUT2D eigenvalue weighted by atomic mass is 127. The first-order valence-corrected chi connectivity index (χ1v) is 10.3. The van der Waals surface area contributed by atoms with Gasteiger partial charge in [-0.2, -0.15) is 0 Å². The van der Waals surface area contributed by atoms with Gasteiger partial charge in [0.05, 0.1) is 6.61 Å². The van der Waals surface area contributed by atoms with Crippen LogP contribution in [0.25, 0.3) is 0 Å². The highest BCUT2D eigenvalue weighted by Crippen LogP contribution is 2.12. The van der Waals surface area contributed by atoms with Gasteiger partial charge in [-0.25, -0.2) is 4.79 Å². The number of carbonyl (C=O) groups is 1. The lowest BCUT2D eigenvalue weighted by Crippen LogP contribution is -2.53. The van der Waals surface area contributed by atoms with Crippen LogP contribution in [0, 0.1) is 5.92 Å². The van der Waals surface area contributed by atoms with E-state index in [-0.39, 0.29) is 30.1 Å². The van der Waals surface area contributed by atoms with Gasteiger partial charge in [-0.05, 0) is 25.7 Å². The first-order chi connectivity index (χ1) is 13.5. The molecule has 1 aliphatic rings. The Balaban J connectivity index is 0.00000784. The molecule has 0 spiro atoms. The Bertz CT molecular complexity index is 509. The molecule has 168 valence electrons. The monoisotopic (exact) mass is 521 g/mol. The summed E-state index contributed by atoms with van der Waals surface area (Å²) in [6.45, 7) is 18.3. The SMILES string of the molecule is C=CCN(CC=C)C(CNC(=NC)NC1CCN(C(=O)OCC)CC1)C(C)C.I. The predicted molar refractivity (Wildman–Crippen MR) is 132 cm³/mol. The molecule has 1 amide bonds. The van der Waals surface area contributed by atoms with Gasteiger partial charge < -0.3 is 20.3 Å². The van der Waals surface area contributed by atoms with Crippen LogP contribution in [0.15, 0.2) is 30.3 Å². The van der Waals surface area contributed by atoms with Gasteiger partial charge in [0.1, 0.15) is 0 Å². The molecule has 1 unspecified atom stereocenters. The van der Waals surface area contributed by atoms with E-state index in [1.165, 1.54) is 0 Å². The van der Waals surface area contributed by atoms with Crippen molar-refractivity contribution in [2.75, 3.05) is 46.4 Å². The minimum atomic E-state index is -0.215. The Morgan fingerprint density at radius 2 is 1.86 bits per heavy atom. The summed E-state index contributed by atoms with van der Waals surface area (Å²) in [5.41, 5.74) is 0. The molecule has 0 aromatic heterocycles. The van der Waals surface area contributed by atoms with E-state index in [1.807, 2.05) is 19.1 Å². The number of guanidine groups is 1. The Morgan fingerprint density at radius 1 is 1.28 bits per heavy atom. The lowest BCUT2D eigenvalue weighted by atomic mass is 10.0. The number of likely N-dealkylation sites (tertiary alicyclic amines) is 1. The van der Waals surface area contributed by atoms with Crippen LogP contribution in [0.3, 0.4) is 0 Å². The molecule has 0 aromatic carbocycles. The quantitative estimate of drug-likeness (QED) is 0.200. The van der Waals surface area contributed by atoms with Crippen LogP contribution in [0.5, 0.6) is 0 Å². The fraction of sp³-hybridized carbons (Fsp3) is 0.714. The van der Waals surface area contributed by atoms with Gasteiger partial charge in [0, 0.05) is 51.9 Å². The van der Waals surface area contributed by atoms with Crippen molar-refractivity contribution in [2.24, 2.45) is 10.9 Å². The molecule has 0 radical (unpaired) electrons. The second kappa shape index (κ2) is 15.5. The molecule has 7 nitrogen and oxygen atoms in total. The first kappa shape index (κ1) is 27.7. The average Bonchev–Trinajstić information content (AvgIpc) is 2.68. The zero-order valence-corrected chi connectivity index (χ0v) is 20.9. The fourth-order valence-corrected chi connectivity index (χ4v) is 3.47. The predicted octanol–water partition coefficient (Wildman–Crippen LogP) is 3.09. The van der Waals surface area contributed by atoms with Crippen molar-refractivity contribution in [2.45, 2.75) is 45.7 Å². The Kier molecular flexibility index (Phi) is 14.8. The van der Waals surface area contributed by atoms with Crippen LogP contribution >= 0.6 is 24.0 Å². The second-order valence-corrected chi connectivity index (χ2v) is 7.40. The number of carbonyl (C=O) groups excluding carboxylic acids is 1. The van der Waals surface area contributed by atoms with Crippen LogP contribution in [0.1, 0.15) is 33.6 Å². The van der Waals surface area contributed by atoms with Crippen molar-refractivity contribution in [1.29, 1.82) is 0 Å². The Morgan fingerprint density at radius 3 is 2.31 bits per heavy atom. The number of nitrogens with zero attached hydrogens (tertiary/aromatic N) is 3. The normalized spacial score (nSPS) is 16.2. The van der Waals surface area contributed by atoms with Crippen molar-refractivity contribution in [1.82, 2.24) is 20.4 Å². The number of piperidine rings is 1. The van der Waals surface area contributed by atoms with Crippen LogP contribution < -0.4 is 10.6 Å². The number of aliphatic imine (C=N–C) groups is 1. The molecule has 0 aliphatic carbocycles. The summed E-state index contributed by atoms with van der Waals surface area (Å²) in [7, 11) is 1.79. The van der Waals surface area contributed by atoms with Crippen LogP contribution in [-0.2, 0) is 4.74 Å². The maximum absolute atomic E-state index is 11.8. The molecular formula is C21H40IN5O2. The summed E-state index contributed by atoms with van der Waals surface area (Å²) in [6.07, 6.45) is 5.41. The second-order valence-electron chi connectivity index (χ2n) is 7.40. The summed E-state index contributed by atoms with van der Waals surface area (Å²) in [4.78, 5) is 20.3. The minimum Gasteiger partial charge on any atom is -0.450 e. The molecule has 8 heteroatoms. The van der Waals surface area contributed by atoms with Crippen LogP contribution in [0.4, 0.5) is 4.79 Å². The molecule has 29 heavy (non-hydrogen) atoms. The van der Waals surface area contributed by atoms with E-state index in [2.05, 4.69) is 47.5 Å². The fourth-order valence-electron chi connectivity index (χ4n) is 3.47. The van der Waals surface area contributed by atoms with Crippen molar-refractivity contribution in [3.63, 3.8) is 0 Å². The summed E-state index contributed by atoms with van der Waals surface area (Å²) in [5.74, 6) is 1.29. The molecule has 2 N–H and O–H groups in total.